The maximum Gasteiger partial charge on any atom is 0.338 e. The van der Waals surface area contributed by atoms with Crippen LogP contribution < -0.4 is 0 Å². The first-order valence-corrected chi connectivity index (χ1v) is 23.3. The fraction of sp³-hybridized carbons (Fsp3) is 0.682. The van der Waals surface area contributed by atoms with Crippen molar-refractivity contribution in [3.8, 4) is 11.1 Å². The molecule has 2 aromatic rings. The predicted octanol–water partition coefficient (Wildman–Crippen LogP) is 11.2. The van der Waals surface area contributed by atoms with Gasteiger partial charge in [0, 0.05) is 18.9 Å². The average Bonchev–Trinajstić information content (AvgIpc) is 3.77. The van der Waals surface area contributed by atoms with Gasteiger partial charge in [0.15, 0.2) is 20.2 Å². The van der Waals surface area contributed by atoms with E-state index in [0.717, 1.165) is 101 Å². The van der Waals surface area contributed by atoms with Crippen LogP contribution in [0.3, 0.4) is 0 Å². The van der Waals surface area contributed by atoms with Crippen molar-refractivity contribution in [3.63, 3.8) is 0 Å². The quantitative estimate of drug-likeness (QED) is 0.0982. The Morgan fingerprint density at radius 2 is 1.48 bits per heavy atom. The molecule has 2 saturated carbocycles. The molecule has 3 unspecified atom stereocenters. The van der Waals surface area contributed by atoms with E-state index in [1.165, 1.54) is 0 Å². The summed E-state index contributed by atoms with van der Waals surface area (Å²) in [6.45, 7) is 13.9. The minimum Gasteiger partial charge on any atom is -0.479 e. The SMILES string of the molecule is CCC[C@H]1C(OC2CCCCO2)C[C@H](OC(=O)c2ccc(-c3ccccc3)cc2)[C@@H]1CCCCCC(O[Si](C)(C)C(C)(C)C)(C(=O)O)C1CCCC1. The van der Waals surface area contributed by atoms with Gasteiger partial charge in [0.25, 0.3) is 0 Å². The molecule has 7 nitrogen and oxygen atoms in total. The molecule has 3 fully saturated rings. The highest BCUT2D eigenvalue weighted by Crippen LogP contribution is 2.47. The molecule has 0 aromatic heterocycles. The average molecular weight is 735 g/mol. The number of carboxylic acids is 1. The van der Waals surface area contributed by atoms with E-state index in [1.54, 1.807) is 0 Å². The summed E-state index contributed by atoms with van der Waals surface area (Å²) in [7, 11) is -2.33. The van der Waals surface area contributed by atoms with E-state index in [0.29, 0.717) is 18.4 Å². The van der Waals surface area contributed by atoms with Crippen molar-refractivity contribution in [1.29, 1.82) is 0 Å². The highest BCUT2D eigenvalue weighted by Gasteiger charge is 2.53. The van der Waals surface area contributed by atoms with Gasteiger partial charge in [-0.25, -0.2) is 9.59 Å². The Labute approximate surface area is 314 Å². The maximum atomic E-state index is 13.7. The minimum absolute atomic E-state index is 0.0219. The zero-order valence-corrected chi connectivity index (χ0v) is 33.9. The van der Waals surface area contributed by atoms with Crippen molar-refractivity contribution in [2.75, 3.05) is 6.61 Å². The molecule has 1 N–H and O–H groups in total. The molecule has 3 aliphatic rings. The number of ether oxygens (including phenoxy) is 3. The number of carbonyl (C=O) groups is 2. The van der Waals surface area contributed by atoms with Crippen LogP contribution in [0.2, 0.25) is 18.1 Å². The second-order valence-electron chi connectivity index (χ2n) is 17.3. The van der Waals surface area contributed by atoms with Crippen LogP contribution in [0.15, 0.2) is 54.6 Å². The highest BCUT2D eigenvalue weighted by molar-refractivity contribution is 6.74. The van der Waals surface area contributed by atoms with Crippen LogP contribution in [0.4, 0.5) is 0 Å². The molecule has 0 spiro atoms. The third-order valence-corrected chi connectivity index (χ3v) is 17.2. The summed E-state index contributed by atoms with van der Waals surface area (Å²) in [5.41, 5.74) is 1.62. The van der Waals surface area contributed by atoms with Gasteiger partial charge in [-0.05, 0) is 111 Å². The lowest BCUT2D eigenvalue weighted by atomic mass is 9.81. The van der Waals surface area contributed by atoms with Gasteiger partial charge in [0.2, 0.25) is 0 Å². The molecule has 0 bridgehead atoms. The summed E-state index contributed by atoms with van der Waals surface area (Å²) in [5.74, 6) is -0.564. The molecule has 0 radical (unpaired) electrons. The Morgan fingerprint density at radius 3 is 2.10 bits per heavy atom. The number of aliphatic carboxylic acids is 1. The Hall–Kier alpha value is -2.52. The number of hydrogen-bond acceptors (Lipinski definition) is 6. The smallest absolute Gasteiger partial charge is 0.338 e. The van der Waals surface area contributed by atoms with Crippen LogP contribution in [-0.2, 0) is 23.4 Å². The van der Waals surface area contributed by atoms with E-state index in [2.05, 4.69) is 52.9 Å². The lowest BCUT2D eigenvalue weighted by Gasteiger charge is -2.46. The van der Waals surface area contributed by atoms with Gasteiger partial charge in [-0.2, -0.15) is 0 Å². The van der Waals surface area contributed by atoms with Crippen LogP contribution in [0.25, 0.3) is 11.1 Å². The van der Waals surface area contributed by atoms with E-state index in [4.69, 9.17) is 18.6 Å². The van der Waals surface area contributed by atoms with Crippen molar-refractivity contribution in [2.45, 2.75) is 166 Å². The standard InChI is InChI=1S/C44H66O7Si/c1-7-18-36-37(23-12-9-16-29-44(42(46)47,35-21-13-14-22-35)51-52(5,6)43(2,3)4)39(31-38(36)49-40-24-15-17-30-48-40)50-41(45)34-27-25-33(26-28-34)32-19-10-8-11-20-32/h8,10-11,19-20,25-28,35-40H,7,9,12-18,21-24,29-31H2,1-6H3,(H,46,47)/t36-,37-,38?,39+,40?,44?/m1/s1. The largest absolute Gasteiger partial charge is 0.479 e. The summed E-state index contributed by atoms with van der Waals surface area (Å²) in [6.07, 6.45) is 13.4. The van der Waals surface area contributed by atoms with Gasteiger partial charge < -0.3 is 23.7 Å². The molecule has 5 rings (SSSR count). The molecule has 2 aromatic carbocycles. The van der Waals surface area contributed by atoms with Gasteiger partial charge in [-0.3, -0.25) is 0 Å². The van der Waals surface area contributed by atoms with Gasteiger partial charge in [-0.1, -0.05) is 102 Å². The van der Waals surface area contributed by atoms with Crippen molar-refractivity contribution >= 4 is 20.3 Å². The first-order valence-electron chi connectivity index (χ1n) is 20.4. The van der Waals surface area contributed by atoms with Crippen molar-refractivity contribution in [3.05, 3.63) is 60.2 Å². The van der Waals surface area contributed by atoms with E-state index >= 15 is 0 Å². The Morgan fingerprint density at radius 1 is 0.827 bits per heavy atom. The topological polar surface area (TPSA) is 91.3 Å². The van der Waals surface area contributed by atoms with Gasteiger partial charge in [0.05, 0.1) is 11.7 Å². The molecule has 8 heteroatoms. The second-order valence-corrected chi connectivity index (χ2v) is 22.1. The molecular formula is C44H66O7Si. The summed E-state index contributed by atoms with van der Waals surface area (Å²) in [4.78, 5) is 26.8. The van der Waals surface area contributed by atoms with Crippen molar-refractivity contribution < 1.29 is 33.3 Å². The molecule has 288 valence electrons. The number of benzene rings is 2. The van der Waals surface area contributed by atoms with Crippen molar-refractivity contribution in [1.82, 2.24) is 0 Å². The Kier molecular flexibility index (Phi) is 14.2. The number of hydrogen-bond donors (Lipinski definition) is 1. The van der Waals surface area contributed by atoms with Crippen LogP contribution in [0.1, 0.15) is 134 Å². The van der Waals surface area contributed by atoms with Crippen molar-refractivity contribution in [2.24, 2.45) is 17.8 Å². The third-order valence-electron chi connectivity index (χ3n) is 12.7. The minimum atomic E-state index is -2.33. The summed E-state index contributed by atoms with van der Waals surface area (Å²) in [5, 5.41) is 10.7. The first kappa shape index (κ1) is 40.7. The van der Waals surface area contributed by atoms with Crippen LogP contribution in [0, 0.1) is 17.8 Å². The molecule has 1 aliphatic heterocycles. The van der Waals surface area contributed by atoms with Crippen LogP contribution >= 0.6 is 0 Å². The molecule has 6 atom stereocenters. The molecule has 2 aliphatic carbocycles. The number of carbonyl (C=O) groups excluding carboxylic acids is 1. The van der Waals surface area contributed by atoms with Gasteiger partial charge in [-0.15, -0.1) is 0 Å². The van der Waals surface area contributed by atoms with Gasteiger partial charge in [0.1, 0.15) is 6.10 Å². The second kappa shape index (κ2) is 18.2. The fourth-order valence-electron chi connectivity index (χ4n) is 8.81. The molecular weight excluding hydrogens is 669 g/mol. The molecule has 52 heavy (non-hydrogen) atoms. The summed E-state index contributed by atoms with van der Waals surface area (Å²) >= 11 is 0. The number of esters is 1. The van der Waals surface area contributed by atoms with E-state index < -0.39 is 19.9 Å². The first-order chi connectivity index (χ1) is 24.8. The molecule has 0 amide bonds. The van der Waals surface area contributed by atoms with Gasteiger partial charge >= 0.3 is 11.9 Å². The zero-order chi connectivity index (χ0) is 37.4. The Bertz CT molecular complexity index is 1410. The predicted molar refractivity (Wildman–Crippen MR) is 210 cm³/mol. The van der Waals surface area contributed by atoms with Crippen LogP contribution in [-0.4, -0.2) is 56.1 Å². The number of carboxylic acid groups (broad SMARTS) is 1. The zero-order valence-electron chi connectivity index (χ0n) is 32.9. The monoisotopic (exact) mass is 734 g/mol. The Balaban J connectivity index is 1.28. The van der Waals surface area contributed by atoms with E-state index in [-0.39, 0.29) is 47.3 Å². The maximum absolute atomic E-state index is 13.7. The summed E-state index contributed by atoms with van der Waals surface area (Å²) < 4.78 is 26.0. The van der Waals surface area contributed by atoms with E-state index in [9.17, 15) is 14.7 Å². The third kappa shape index (κ3) is 9.96. The fourth-order valence-corrected chi connectivity index (χ4v) is 10.4. The highest BCUT2D eigenvalue weighted by atomic mass is 28.4. The lowest BCUT2D eigenvalue weighted by molar-refractivity contribution is -0.196. The lowest BCUT2D eigenvalue weighted by Crippen LogP contribution is -2.57. The number of unbranched alkanes of at least 4 members (excludes halogenated alkanes) is 2. The summed E-state index contributed by atoms with van der Waals surface area (Å²) in [6, 6.07) is 17.9. The van der Waals surface area contributed by atoms with E-state index in [1.807, 2.05) is 42.5 Å². The van der Waals surface area contributed by atoms with Crippen LogP contribution in [0.5, 0.6) is 0 Å². The normalized spacial score (nSPS) is 25.5. The molecule has 1 heterocycles. The number of rotatable bonds is 17. The molecule has 1 saturated heterocycles.